The minimum Gasteiger partial charge on any atom is -0.508 e. The first kappa shape index (κ1) is 31.4. The fraction of sp³-hybridized carbons (Fsp3) is 0.700. The van der Waals surface area contributed by atoms with Crippen molar-refractivity contribution < 1.29 is 38.9 Å². The van der Waals surface area contributed by atoms with Crippen molar-refractivity contribution in [3.8, 4) is 11.5 Å². The summed E-state index contributed by atoms with van der Waals surface area (Å²) in [7, 11) is 0. The van der Waals surface area contributed by atoms with Gasteiger partial charge < -0.3 is 19.4 Å². The van der Waals surface area contributed by atoms with E-state index in [0.29, 0.717) is 24.0 Å². The van der Waals surface area contributed by atoms with Crippen molar-refractivity contribution in [2.24, 2.45) is 23.2 Å². The second-order valence-corrected chi connectivity index (χ2v) is 12.3. The topological polar surface area (TPSA) is 142 Å². The van der Waals surface area contributed by atoms with E-state index < -0.39 is 16.5 Å². The Morgan fingerprint density at radius 2 is 1.82 bits per heavy atom. The maximum Gasteiger partial charge on any atom is 0.315 e. The van der Waals surface area contributed by atoms with Gasteiger partial charge in [-0.2, -0.15) is 0 Å². The van der Waals surface area contributed by atoms with E-state index >= 15 is 0 Å². The van der Waals surface area contributed by atoms with Gasteiger partial charge in [0.2, 0.25) is 0 Å². The first-order valence-electron chi connectivity index (χ1n) is 14.3. The molecule has 3 atom stereocenters. The van der Waals surface area contributed by atoms with Crippen LogP contribution in [0.25, 0.3) is 0 Å². The van der Waals surface area contributed by atoms with Crippen LogP contribution in [0.5, 0.6) is 11.5 Å². The smallest absolute Gasteiger partial charge is 0.315 e. The molecule has 2 bridgehead atoms. The maximum absolute atomic E-state index is 13.3. The summed E-state index contributed by atoms with van der Waals surface area (Å²) in [4.78, 5) is 53.9. The Morgan fingerprint density at radius 1 is 1.18 bits per heavy atom. The number of hydrogen-bond acceptors (Lipinski definition) is 9. The number of Topliss-reactive ketones (excluding diaryl/α,β-unsaturated/α-hetero) is 1. The minimum absolute atomic E-state index is 0.00381. The van der Waals surface area contributed by atoms with E-state index in [9.17, 15) is 29.6 Å². The number of rotatable bonds is 14. The average molecular weight is 562 g/mol. The molecule has 3 aliphatic carbocycles. The molecule has 40 heavy (non-hydrogen) atoms. The number of benzene rings is 1. The molecular weight excluding hydrogens is 518 g/mol. The number of phenolic OH excluding ortho intramolecular Hbond substituents is 1. The number of carbonyl (C=O) groups excluding carboxylic acids is 3. The lowest BCUT2D eigenvalue weighted by atomic mass is 9.44. The van der Waals surface area contributed by atoms with Crippen molar-refractivity contribution in [1.82, 2.24) is 0 Å². The molecule has 1 aromatic rings. The summed E-state index contributed by atoms with van der Waals surface area (Å²) in [6.45, 7) is 11.1. The van der Waals surface area contributed by atoms with Crippen LogP contribution in [0.1, 0.15) is 104 Å². The molecule has 1 aromatic carbocycles. The quantitative estimate of drug-likeness (QED) is 0.100. The zero-order valence-electron chi connectivity index (χ0n) is 24.5. The van der Waals surface area contributed by atoms with Gasteiger partial charge in [-0.25, -0.2) is 0 Å². The summed E-state index contributed by atoms with van der Waals surface area (Å²) < 4.78 is 11.4. The highest BCUT2D eigenvalue weighted by atomic mass is 16.9. The predicted octanol–water partition coefficient (Wildman–Crippen LogP) is 5.65. The zero-order chi connectivity index (χ0) is 29.8. The highest BCUT2D eigenvalue weighted by molar-refractivity contribution is 5.87. The van der Waals surface area contributed by atoms with Crippen molar-refractivity contribution in [1.29, 1.82) is 0 Å². The van der Waals surface area contributed by atoms with Gasteiger partial charge in [-0.05, 0) is 62.1 Å². The van der Waals surface area contributed by atoms with Crippen LogP contribution in [0.3, 0.4) is 0 Å². The van der Waals surface area contributed by atoms with Gasteiger partial charge in [0.1, 0.15) is 17.3 Å². The van der Waals surface area contributed by atoms with Gasteiger partial charge in [0.25, 0.3) is 5.09 Å². The highest BCUT2D eigenvalue weighted by Gasteiger charge is 2.59. The molecule has 3 fully saturated rings. The van der Waals surface area contributed by atoms with Crippen LogP contribution in [-0.2, 0) is 29.4 Å². The Morgan fingerprint density at radius 3 is 2.38 bits per heavy atom. The second-order valence-electron chi connectivity index (χ2n) is 12.3. The lowest BCUT2D eigenvalue weighted by Gasteiger charge is -2.59. The molecule has 0 radical (unpaired) electrons. The third-order valence-corrected chi connectivity index (χ3v) is 8.90. The first-order valence-corrected chi connectivity index (χ1v) is 14.3. The number of phenols is 1. The van der Waals surface area contributed by atoms with Crippen LogP contribution in [0, 0.1) is 33.3 Å². The summed E-state index contributed by atoms with van der Waals surface area (Å²) in [6, 6.07) is 3.10. The van der Waals surface area contributed by atoms with Gasteiger partial charge in [-0.3, -0.25) is 14.4 Å². The lowest BCUT2D eigenvalue weighted by molar-refractivity contribution is -0.757. The zero-order valence-corrected chi connectivity index (χ0v) is 24.5. The van der Waals surface area contributed by atoms with E-state index in [2.05, 4.69) is 18.7 Å². The summed E-state index contributed by atoms with van der Waals surface area (Å²) in [5.41, 5.74) is -0.634. The molecule has 0 spiro atoms. The van der Waals surface area contributed by atoms with Crippen molar-refractivity contribution in [2.75, 3.05) is 13.2 Å². The van der Waals surface area contributed by atoms with Crippen LogP contribution in [0.4, 0.5) is 0 Å². The lowest BCUT2D eigenvalue weighted by Crippen LogP contribution is -2.56. The maximum atomic E-state index is 13.3. The van der Waals surface area contributed by atoms with E-state index in [1.165, 1.54) is 6.07 Å². The molecule has 4 rings (SSSR count). The van der Waals surface area contributed by atoms with E-state index in [1.807, 2.05) is 13.8 Å². The van der Waals surface area contributed by atoms with Crippen molar-refractivity contribution in [3.05, 3.63) is 33.4 Å². The summed E-state index contributed by atoms with van der Waals surface area (Å²) in [5.74, 6) is -1.25. The molecule has 3 saturated carbocycles. The number of fused-ring (bicyclic) bond motifs is 2. The Labute approximate surface area is 235 Å². The van der Waals surface area contributed by atoms with E-state index in [1.54, 1.807) is 19.9 Å². The van der Waals surface area contributed by atoms with Gasteiger partial charge in [0, 0.05) is 30.2 Å². The van der Waals surface area contributed by atoms with Crippen LogP contribution < -0.4 is 4.74 Å². The third kappa shape index (κ3) is 6.41. The molecule has 10 nitrogen and oxygen atoms in total. The Hall–Kier alpha value is -3.17. The number of carbonyl (C=O) groups is 3. The van der Waals surface area contributed by atoms with Gasteiger partial charge >= 0.3 is 11.9 Å². The SMILES string of the molecule is CCCC(CCC)C(=O)Oc1cc(C(C)(C)C(=O)OCCCO[N+](=O)[O-])cc(O)c1[C@H]1CC(=O)[C@@H]2C[C@H]1C2(C)C. The molecule has 0 aliphatic heterocycles. The van der Waals surface area contributed by atoms with E-state index in [4.69, 9.17) is 9.47 Å². The van der Waals surface area contributed by atoms with Gasteiger partial charge in [0.15, 0.2) is 0 Å². The molecule has 1 N–H and O–H groups in total. The third-order valence-electron chi connectivity index (χ3n) is 8.90. The number of ketones is 1. The Balaban J connectivity index is 1.96. The van der Waals surface area contributed by atoms with Crippen molar-refractivity contribution >= 4 is 17.7 Å². The predicted molar refractivity (Wildman–Crippen MR) is 146 cm³/mol. The number of hydrogen-bond donors (Lipinski definition) is 1. The van der Waals surface area contributed by atoms with Crippen LogP contribution in [-0.4, -0.2) is 41.1 Å². The molecule has 0 heterocycles. The van der Waals surface area contributed by atoms with Gasteiger partial charge in [0.05, 0.1) is 24.5 Å². The average Bonchev–Trinajstić information content (AvgIpc) is 2.87. The van der Waals surface area contributed by atoms with Crippen LogP contribution in [0.2, 0.25) is 0 Å². The fourth-order valence-corrected chi connectivity index (χ4v) is 6.35. The molecular formula is C30H43NO9. The highest BCUT2D eigenvalue weighted by Crippen LogP contribution is 2.64. The Bertz CT molecular complexity index is 1120. The largest absolute Gasteiger partial charge is 0.508 e. The molecule has 0 saturated heterocycles. The standard InChI is InChI=1S/C30H43NO9/c1-7-10-18(11-8-2)27(34)40-25-15-19(29(3,4)28(35)38-12-9-13-39-31(36)37)14-24(33)26(25)20-16-23(32)22-17-21(20)30(22,5)6/h14-15,18,20-22,33H,7-13,16-17H2,1-6H3/t20-,21+,22-/m0/s1. The normalized spacial score (nSPS) is 21.5. The van der Waals surface area contributed by atoms with Crippen LogP contribution in [0.15, 0.2) is 12.1 Å². The summed E-state index contributed by atoms with van der Waals surface area (Å²) >= 11 is 0. The van der Waals surface area contributed by atoms with E-state index in [-0.39, 0.29) is 78.4 Å². The molecule has 222 valence electrons. The first-order chi connectivity index (χ1) is 18.7. The van der Waals surface area contributed by atoms with Crippen molar-refractivity contribution in [3.63, 3.8) is 0 Å². The summed E-state index contributed by atoms with van der Waals surface area (Å²) in [6.07, 6.45) is 4.12. The molecule has 0 amide bonds. The fourth-order valence-electron chi connectivity index (χ4n) is 6.35. The number of nitrogens with zero attached hydrogens (tertiary/aromatic N) is 1. The number of ether oxygens (including phenoxy) is 2. The van der Waals surface area contributed by atoms with Gasteiger partial charge in [-0.1, -0.05) is 40.5 Å². The molecule has 0 aromatic heterocycles. The van der Waals surface area contributed by atoms with Crippen LogP contribution >= 0.6 is 0 Å². The monoisotopic (exact) mass is 561 g/mol. The molecule has 10 heteroatoms. The number of esters is 2. The Kier molecular flexibility index (Phi) is 9.85. The molecule has 0 unspecified atom stereocenters. The van der Waals surface area contributed by atoms with E-state index in [0.717, 1.165) is 19.3 Å². The minimum atomic E-state index is -1.24. The number of aromatic hydroxyl groups is 1. The summed E-state index contributed by atoms with van der Waals surface area (Å²) in [5, 5.41) is 20.8. The molecule has 3 aliphatic rings. The second kappa shape index (κ2) is 12.6. The van der Waals surface area contributed by atoms with Gasteiger partial charge in [-0.15, -0.1) is 10.1 Å². The van der Waals surface area contributed by atoms with Crippen molar-refractivity contribution in [2.45, 2.75) is 97.8 Å².